The summed E-state index contributed by atoms with van der Waals surface area (Å²) in [4.78, 5) is 25.7. The van der Waals surface area contributed by atoms with Crippen LogP contribution in [0.3, 0.4) is 0 Å². The molecule has 2 aliphatic heterocycles. The minimum Gasteiger partial charge on any atom is -0.508 e. The van der Waals surface area contributed by atoms with E-state index in [-0.39, 0.29) is 23.8 Å². The van der Waals surface area contributed by atoms with Crippen molar-refractivity contribution in [2.45, 2.75) is 32.3 Å². The second kappa shape index (κ2) is 9.78. The van der Waals surface area contributed by atoms with Crippen molar-refractivity contribution in [3.8, 4) is 23.0 Å². The second-order valence-electron chi connectivity index (χ2n) is 9.76. The zero-order valence-corrected chi connectivity index (χ0v) is 20.7. The molecule has 3 aromatic carbocycles. The van der Waals surface area contributed by atoms with Crippen molar-refractivity contribution >= 4 is 11.9 Å². The highest BCUT2D eigenvalue weighted by atomic mass is 16.6. The number of rotatable bonds is 8. The van der Waals surface area contributed by atoms with Crippen molar-refractivity contribution < 1.29 is 34.0 Å². The maximum atomic E-state index is 13.2. The van der Waals surface area contributed by atoms with E-state index in [0.29, 0.717) is 65.0 Å². The lowest BCUT2D eigenvalue weighted by atomic mass is 9.77. The number of amides is 1. The van der Waals surface area contributed by atoms with Gasteiger partial charge in [-0.15, -0.1) is 0 Å². The van der Waals surface area contributed by atoms with E-state index < -0.39 is 11.6 Å². The molecule has 0 unspecified atom stereocenters. The van der Waals surface area contributed by atoms with Crippen molar-refractivity contribution in [1.82, 2.24) is 5.32 Å². The van der Waals surface area contributed by atoms with Crippen LogP contribution in [0.2, 0.25) is 0 Å². The lowest BCUT2D eigenvalue weighted by Gasteiger charge is -2.36. The molecular weight excluding hydrogens is 474 g/mol. The minimum absolute atomic E-state index is 0.00473. The Labute approximate surface area is 214 Å². The van der Waals surface area contributed by atoms with Crippen molar-refractivity contribution in [3.05, 3.63) is 82.4 Å². The standard InChI is InChI=1S/C29H29NO7/c1-17(2)16-35-11-3-10-30-27(33)13-18-4-7-22-21(12-18)28(34)37-29(22)23-8-5-19(31)14-25(23)36-26-15-20(32)6-9-24(26)29/h4-9,12,14-15,17,31-32H,3,10-11,13,16H2,1-2H3,(H,30,33). The van der Waals surface area contributed by atoms with E-state index in [4.69, 9.17) is 14.2 Å². The molecule has 37 heavy (non-hydrogen) atoms. The Morgan fingerprint density at radius 3 is 2.27 bits per heavy atom. The van der Waals surface area contributed by atoms with E-state index >= 15 is 0 Å². The van der Waals surface area contributed by atoms with Crippen LogP contribution in [0.4, 0.5) is 0 Å². The number of esters is 1. The molecule has 0 saturated heterocycles. The zero-order chi connectivity index (χ0) is 26.2. The zero-order valence-electron chi connectivity index (χ0n) is 20.7. The van der Waals surface area contributed by atoms with Crippen molar-refractivity contribution in [2.75, 3.05) is 19.8 Å². The number of ether oxygens (including phenoxy) is 3. The number of hydrogen-bond acceptors (Lipinski definition) is 7. The molecule has 0 saturated carbocycles. The van der Waals surface area contributed by atoms with E-state index in [9.17, 15) is 19.8 Å². The Morgan fingerprint density at radius 2 is 1.62 bits per heavy atom. The molecule has 1 amide bonds. The Kier molecular flexibility index (Phi) is 6.52. The van der Waals surface area contributed by atoms with Gasteiger partial charge in [-0.05, 0) is 48.2 Å². The summed E-state index contributed by atoms with van der Waals surface area (Å²) in [6.45, 7) is 5.98. The fourth-order valence-corrected chi connectivity index (χ4v) is 4.83. The van der Waals surface area contributed by atoms with Gasteiger partial charge in [0.1, 0.15) is 23.0 Å². The molecular formula is C29H29NO7. The minimum atomic E-state index is -1.31. The smallest absolute Gasteiger partial charge is 0.340 e. The molecule has 8 heteroatoms. The molecule has 0 bridgehead atoms. The van der Waals surface area contributed by atoms with Gasteiger partial charge in [-0.2, -0.15) is 0 Å². The SMILES string of the molecule is CC(C)COCCCNC(=O)Cc1ccc2c(c1)C(=O)OC21c2ccc(O)cc2Oc2cc(O)ccc21. The molecule has 1 spiro atoms. The number of hydrogen-bond donors (Lipinski definition) is 3. The summed E-state index contributed by atoms with van der Waals surface area (Å²) in [7, 11) is 0. The number of fused-ring (bicyclic) bond motifs is 6. The van der Waals surface area contributed by atoms with E-state index in [1.807, 2.05) is 6.07 Å². The first-order chi connectivity index (χ1) is 17.8. The quantitative estimate of drug-likeness (QED) is 0.309. The molecule has 3 aromatic rings. The summed E-state index contributed by atoms with van der Waals surface area (Å²) in [5.41, 5.74) is 1.44. The van der Waals surface area contributed by atoms with Gasteiger partial charge in [0, 0.05) is 48.6 Å². The van der Waals surface area contributed by atoms with Gasteiger partial charge in [0.25, 0.3) is 0 Å². The van der Waals surface area contributed by atoms with Crippen LogP contribution >= 0.6 is 0 Å². The molecule has 0 aromatic heterocycles. The number of phenols is 2. The van der Waals surface area contributed by atoms with Gasteiger partial charge in [-0.25, -0.2) is 4.79 Å². The van der Waals surface area contributed by atoms with E-state index in [1.165, 1.54) is 24.3 Å². The molecule has 2 heterocycles. The summed E-state index contributed by atoms with van der Waals surface area (Å²) in [6.07, 6.45) is 0.849. The number of benzene rings is 3. The summed E-state index contributed by atoms with van der Waals surface area (Å²) >= 11 is 0. The molecule has 0 atom stereocenters. The number of nitrogens with one attached hydrogen (secondary N) is 1. The predicted octanol–water partition coefficient (Wildman–Crippen LogP) is 4.39. The third kappa shape index (κ3) is 4.60. The Morgan fingerprint density at radius 1 is 0.973 bits per heavy atom. The van der Waals surface area contributed by atoms with Gasteiger partial charge in [-0.3, -0.25) is 4.79 Å². The molecule has 192 valence electrons. The maximum absolute atomic E-state index is 13.2. The third-order valence-corrected chi connectivity index (χ3v) is 6.44. The monoisotopic (exact) mass is 503 g/mol. The predicted molar refractivity (Wildman–Crippen MR) is 135 cm³/mol. The molecule has 2 aliphatic rings. The lowest BCUT2D eigenvalue weighted by Crippen LogP contribution is -2.32. The van der Waals surface area contributed by atoms with Crippen LogP contribution < -0.4 is 10.1 Å². The van der Waals surface area contributed by atoms with Crippen LogP contribution in [-0.2, 0) is 26.3 Å². The second-order valence-corrected chi connectivity index (χ2v) is 9.76. The van der Waals surface area contributed by atoms with Crippen molar-refractivity contribution in [3.63, 3.8) is 0 Å². The maximum Gasteiger partial charge on any atom is 0.340 e. The van der Waals surface area contributed by atoms with Gasteiger partial charge < -0.3 is 29.7 Å². The fourth-order valence-electron chi connectivity index (χ4n) is 4.83. The van der Waals surface area contributed by atoms with Crippen LogP contribution in [0.15, 0.2) is 54.6 Å². The van der Waals surface area contributed by atoms with Gasteiger partial charge in [0.05, 0.1) is 12.0 Å². The van der Waals surface area contributed by atoms with Crippen molar-refractivity contribution in [2.24, 2.45) is 5.92 Å². The van der Waals surface area contributed by atoms with Gasteiger partial charge in [0.15, 0.2) is 5.60 Å². The van der Waals surface area contributed by atoms with Crippen LogP contribution in [0, 0.1) is 5.92 Å². The normalized spacial score (nSPS) is 14.5. The van der Waals surface area contributed by atoms with E-state index in [1.54, 1.807) is 24.3 Å². The number of phenolic OH excluding ortho intramolecular Hbond substituents is 2. The lowest BCUT2D eigenvalue weighted by molar-refractivity contribution is -0.120. The average Bonchev–Trinajstić information content (AvgIpc) is 3.13. The topological polar surface area (TPSA) is 114 Å². The van der Waals surface area contributed by atoms with Crippen LogP contribution in [0.1, 0.15) is 52.9 Å². The first-order valence-electron chi connectivity index (χ1n) is 12.3. The highest BCUT2D eigenvalue weighted by molar-refractivity contribution is 5.97. The highest BCUT2D eigenvalue weighted by Crippen LogP contribution is 2.57. The first kappa shape index (κ1) is 24.6. The largest absolute Gasteiger partial charge is 0.508 e. The van der Waals surface area contributed by atoms with E-state index in [0.717, 1.165) is 6.42 Å². The highest BCUT2D eigenvalue weighted by Gasteiger charge is 2.53. The van der Waals surface area contributed by atoms with Crippen LogP contribution in [-0.4, -0.2) is 41.8 Å². The van der Waals surface area contributed by atoms with Crippen LogP contribution in [0.25, 0.3) is 0 Å². The Bertz CT molecular complexity index is 1310. The average molecular weight is 504 g/mol. The summed E-state index contributed by atoms with van der Waals surface area (Å²) in [5.74, 6) is 0.434. The van der Waals surface area contributed by atoms with Crippen LogP contribution in [0.5, 0.6) is 23.0 Å². The van der Waals surface area contributed by atoms with E-state index in [2.05, 4.69) is 19.2 Å². The molecule has 8 nitrogen and oxygen atoms in total. The van der Waals surface area contributed by atoms with Gasteiger partial charge in [0.2, 0.25) is 5.91 Å². The molecule has 5 rings (SSSR count). The number of aromatic hydroxyl groups is 2. The summed E-state index contributed by atoms with van der Waals surface area (Å²) < 4.78 is 17.6. The Balaban J connectivity index is 1.40. The summed E-state index contributed by atoms with van der Waals surface area (Å²) in [5, 5.41) is 23.0. The number of carbonyl (C=O) groups is 2. The van der Waals surface area contributed by atoms with Gasteiger partial charge >= 0.3 is 5.97 Å². The van der Waals surface area contributed by atoms with Gasteiger partial charge in [-0.1, -0.05) is 26.0 Å². The first-order valence-corrected chi connectivity index (χ1v) is 12.3. The summed E-state index contributed by atoms with van der Waals surface area (Å²) in [6, 6.07) is 14.5. The molecule has 3 N–H and O–H groups in total. The molecule has 0 fully saturated rings. The molecule has 0 radical (unpaired) electrons. The van der Waals surface area contributed by atoms with Crippen molar-refractivity contribution in [1.29, 1.82) is 0 Å². The Hall–Kier alpha value is -4.04. The fraction of sp³-hybridized carbons (Fsp3) is 0.310. The number of carbonyl (C=O) groups excluding carboxylic acids is 2. The molecule has 0 aliphatic carbocycles. The third-order valence-electron chi connectivity index (χ3n) is 6.44.